The van der Waals surface area contributed by atoms with Gasteiger partial charge in [-0.15, -0.1) is 0 Å². The van der Waals surface area contributed by atoms with Gasteiger partial charge in [0.15, 0.2) is 5.82 Å². The molecule has 2 saturated heterocycles. The first kappa shape index (κ1) is 20.9. The van der Waals surface area contributed by atoms with E-state index in [1.807, 2.05) is 4.90 Å². The highest BCUT2D eigenvalue weighted by atomic mass is 35.5. The fourth-order valence-corrected chi connectivity index (χ4v) is 4.26. The molecule has 0 unspecified atom stereocenters. The zero-order chi connectivity index (χ0) is 22.1. The zero-order valence-electron chi connectivity index (χ0n) is 17.5. The number of amides is 1. The Hall–Kier alpha value is -2.98. The van der Waals surface area contributed by atoms with Crippen molar-refractivity contribution in [3.8, 4) is 0 Å². The lowest BCUT2D eigenvalue weighted by molar-refractivity contribution is -0.125. The SMILES string of the molecule is O=C(NCc1cnc2cc(F)ccn12)C1CN(c2nc(N3CCCNCC3)ncc2Cl)C1. The van der Waals surface area contributed by atoms with Crippen molar-refractivity contribution in [2.24, 2.45) is 5.92 Å². The minimum absolute atomic E-state index is 0.0395. The molecule has 0 radical (unpaired) electrons. The number of nitrogens with one attached hydrogen (secondary N) is 2. The van der Waals surface area contributed by atoms with Crippen LogP contribution in [0.3, 0.4) is 0 Å². The molecule has 0 spiro atoms. The minimum atomic E-state index is -0.340. The molecule has 0 saturated carbocycles. The topological polar surface area (TPSA) is 90.7 Å². The molecule has 1 amide bonds. The smallest absolute Gasteiger partial charge is 0.227 e. The van der Waals surface area contributed by atoms with E-state index in [1.165, 1.54) is 12.1 Å². The van der Waals surface area contributed by atoms with Crippen LogP contribution in [-0.4, -0.2) is 64.5 Å². The van der Waals surface area contributed by atoms with Gasteiger partial charge in [-0.05, 0) is 19.0 Å². The minimum Gasteiger partial charge on any atom is -0.353 e. The molecular formula is C21H24ClFN8O. The summed E-state index contributed by atoms with van der Waals surface area (Å²) in [5.74, 6) is 0.810. The van der Waals surface area contributed by atoms with Crippen molar-refractivity contribution in [3.63, 3.8) is 0 Å². The highest BCUT2D eigenvalue weighted by Gasteiger charge is 2.35. The Balaban J connectivity index is 1.19. The maximum absolute atomic E-state index is 13.3. The molecule has 5 heterocycles. The van der Waals surface area contributed by atoms with E-state index in [-0.39, 0.29) is 17.6 Å². The lowest BCUT2D eigenvalue weighted by Gasteiger charge is -2.39. The van der Waals surface area contributed by atoms with Gasteiger partial charge in [-0.1, -0.05) is 11.6 Å². The Morgan fingerprint density at radius 3 is 2.97 bits per heavy atom. The number of hydrogen-bond donors (Lipinski definition) is 2. The Morgan fingerprint density at radius 1 is 1.22 bits per heavy atom. The van der Waals surface area contributed by atoms with Gasteiger partial charge in [-0.3, -0.25) is 4.79 Å². The summed E-state index contributed by atoms with van der Waals surface area (Å²) >= 11 is 6.36. The lowest BCUT2D eigenvalue weighted by atomic mass is 9.99. The van der Waals surface area contributed by atoms with Crippen molar-refractivity contribution in [1.29, 1.82) is 0 Å². The van der Waals surface area contributed by atoms with Gasteiger partial charge >= 0.3 is 0 Å². The maximum atomic E-state index is 13.3. The first-order valence-electron chi connectivity index (χ1n) is 10.7. The van der Waals surface area contributed by atoms with Crippen LogP contribution < -0.4 is 20.4 Å². The van der Waals surface area contributed by atoms with Crippen molar-refractivity contribution in [2.45, 2.75) is 13.0 Å². The van der Waals surface area contributed by atoms with E-state index in [0.717, 1.165) is 38.3 Å². The van der Waals surface area contributed by atoms with E-state index in [1.54, 1.807) is 23.0 Å². The van der Waals surface area contributed by atoms with Crippen molar-refractivity contribution in [3.05, 3.63) is 47.3 Å². The van der Waals surface area contributed by atoms with Gasteiger partial charge in [0.2, 0.25) is 11.9 Å². The summed E-state index contributed by atoms with van der Waals surface area (Å²) < 4.78 is 15.1. The Bertz CT molecular complexity index is 1120. The molecule has 2 aliphatic rings. The van der Waals surface area contributed by atoms with Crippen LogP contribution in [0.25, 0.3) is 5.65 Å². The molecule has 168 valence electrons. The van der Waals surface area contributed by atoms with Crippen LogP contribution in [-0.2, 0) is 11.3 Å². The average molecular weight is 459 g/mol. The van der Waals surface area contributed by atoms with Gasteiger partial charge in [0.05, 0.1) is 30.6 Å². The Labute approximate surface area is 189 Å². The van der Waals surface area contributed by atoms with Crippen LogP contribution in [0.1, 0.15) is 12.1 Å². The van der Waals surface area contributed by atoms with E-state index in [4.69, 9.17) is 11.6 Å². The Kier molecular flexibility index (Phi) is 5.79. The van der Waals surface area contributed by atoms with Crippen molar-refractivity contribution >= 4 is 34.9 Å². The summed E-state index contributed by atoms with van der Waals surface area (Å²) in [5.41, 5.74) is 1.30. The van der Waals surface area contributed by atoms with E-state index in [9.17, 15) is 9.18 Å². The zero-order valence-corrected chi connectivity index (χ0v) is 18.2. The first-order valence-corrected chi connectivity index (χ1v) is 11.1. The number of rotatable bonds is 5. The van der Waals surface area contributed by atoms with Crippen LogP contribution in [0.2, 0.25) is 5.02 Å². The molecule has 3 aromatic heterocycles. The Morgan fingerprint density at radius 2 is 2.09 bits per heavy atom. The molecule has 0 bridgehead atoms. The number of carbonyl (C=O) groups is 1. The van der Waals surface area contributed by atoms with Gasteiger partial charge in [-0.2, -0.15) is 4.98 Å². The van der Waals surface area contributed by atoms with E-state index < -0.39 is 0 Å². The number of aromatic nitrogens is 4. The second kappa shape index (κ2) is 8.87. The van der Waals surface area contributed by atoms with Gasteiger partial charge in [-0.25, -0.2) is 14.4 Å². The van der Waals surface area contributed by atoms with E-state index >= 15 is 0 Å². The normalized spacial score (nSPS) is 17.3. The molecule has 5 rings (SSSR count). The molecule has 0 aliphatic carbocycles. The quantitative estimate of drug-likeness (QED) is 0.598. The number of imidazole rings is 1. The number of nitrogens with zero attached hydrogens (tertiary/aromatic N) is 6. The van der Waals surface area contributed by atoms with Gasteiger partial charge in [0.1, 0.15) is 16.5 Å². The number of anilines is 2. The largest absolute Gasteiger partial charge is 0.353 e. The molecule has 2 aliphatic heterocycles. The number of fused-ring (bicyclic) bond motifs is 1. The molecule has 3 aromatic rings. The van der Waals surface area contributed by atoms with Crippen LogP contribution in [0.15, 0.2) is 30.7 Å². The standard InChI is InChI=1S/C21H24ClFN8O/c22-17-11-27-21(29-5-1-3-24-4-7-29)28-19(17)30-12-14(13-30)20(32)26-10-16-9-25-18-8-15(23)2-6-31(16)18/h2,6,8-9,11,14,24H,1,3-5,7,10,12-13H2,(H,26,32). The van der Waals surface area contributed by atoms with Crippen molar-refractivity contribution in [1.82, 2.24) is 30.0 Å². The van der Waals surface area contributed by atoms with Crippen LogP contribution in [0.5, 0.6) is 0 Å². The third kappa shape index (κ3) is 4.20. The maximum Gasteiger partial charge on any atom is 0.227 e. The van der Waals surface area contributed by atoms with Gasteiger partial charge < -0.3 is 24.8 Å². The molecule has 0 aromatic carbocycles. The summed E-state index contributed by atoms with van der Waals surface area (Å²) in [4.78, 5) is 30.1. The third-order valence-electron chi connectivity index (χ3n) is 5.88. The highest BCUT2D eigenvalue weighted by Crippen LogP contribution is 2.30. The average Bonchev–Trinajstić information content (AvgIpc) is 2.95. The monoisotopic (exact) mass is 458 g/mol. The summed E-state index contributed by atoms with van der Waals surface area (Å²) in [6, 6.07) is 2.72. The summed E-state index contributed by atoms with van der Waals surface area (Å²) in [6.45, 7) is 5.05. The molecule has 2 N–H and O–H groups in total. The lowest BCUT2D eigenvalue weighted by Crippen LogP contribution is -2.54. The van der Waals surface area contributed by atoms with Crippen molar-refractivity contribution in [2.75, 3.05) is 49.1 Å². The summed E-state index contributed by atoms with van der Waals surface area (Å²) in [6.07, 6.45) is 5.93. The first-order chi connectivity index (χ1) is 15.6. The fourth-order valence-electron chi connectivity index (χ4n) is 4.05. The van der Waals surface area contributed by atoms with Crippen LogP contribution in [0, 0.1) is 11.7 Å². The highest BCUT2D eigenvalue weighted by molar-refractivity contribution is 6.32. The molecule has 11 heteroatoms. The molecule has 2 fully saturated rings. The molecule has 9 nitrogen and oxygen atoms in total. The summed E-state index contributed by atoms with van der Waals surface area (Å²) in [5, 5.41) is 6.80. The van der Waals surface area contributed by atoms with Crippen molar-refractivity contribution < 1.29 is 9.18 Å². The predicted octanol–water partition coefficient (Wildman–Crippen LogP) is 1.47. The van der Waals surface area contributed by atoms with E-state index in [2.05, 4.69) is 30.5 Å². The third-order valence-corrected chi connectivity index (χ3v) is 6.15. The number of halogens is 2. The van der Waals surface area contributed by atoms with E-state index in [0.29, 0.717) is 42.1 Å². The van der Waals surface area contributed by atoms with Gasteiger partial charge in [0.25, 0.3) is 0 Å². The second-order valence-corrected chi connectivity index (χ2v) is 8.48. The van der Waals surface area contributed by atoms with Crippen LogP contribution in [0.4, 0.5) is 16.2 Å². The second-order valence-electron chi connectivity index (χ2n) is 8.07. The number of carbonyl (C=O) groups excluding carboxylic acids is 1. The van der Waals surface area contributed by atoms with Gasteiger partial charge in [0, 0.05) is 45.0 Å². The van der Waals surface area contributed by atoms with Crippen LogP contribution >= 0.6 is 11.6 Å². The fraction of sp³-hybridized carbons (Fsp3) is 0.429. The molecule has 0 atom stereocenters. The number of hydrogen-bond acceptors (Lipinski definition) is 7. The predicted molar refractivity (Wildman–Crippen MR) is 119 cm³/mol. The molecule has 32 heavy (non-hydrogen) atoms. The summed E-state index contributed by atoms with van der Waals surface area (Å²) in [7, 11) is 0. The number of pyridine rings is 1. The molecular weight excluding hydrogens is 435 g/mol.